The lowest BCUT2D eigenvalue weighted by atomic mass is 10.0. The molecular formula is C15H21BrN2O2. The summed E-state index contributed by atoms with van der Waals surface area (Å²) in [7, 11) is 0. The Morgan fingerprint density at radius 2 is 2.20 bits per heavy atom. The molecular weight excluding hydrogens is 320 g/mol. The standard InChI is InChI=1S/C15H21BrN2O2/c1-10-8-11(2)20-14(10)15(19)18-7-6-17-13-5-3-4-12(16)9-13/h3-5,9-11,14,17H,6-8H2,1-2H3,(H,18,19). The van der Waals surface area contributed by atoms with Gasteiger partial charge in [0.1, 0.15) is 6.10 Å². The normalized spacial score (nSPS) is 25.4. The summed E-state index contributed by atoms with van der Waals surface area (Å²) in [5, 5.41) is 6.19. The first-order valence-electron chi connectivity index (χ1n) is 6.99. The van der Waals surface area contributed by atoms with Gasteiger partial charge in [-0.05, 0) is 37.5 Å². The summed E-state index contributed by atoms with van der Waals surface area (Å²) in [4.78, 5) is 12.0. The van der Waals surface area contributed by atoms with E-state index in [0.717, 1.165) is 16.6 Å². The molecule has 3 unspecified atom stereocenters. The van der Waals surface area contributed by atoms with Crippen molar-refractivity contribution in [3.8, 4) is 0 Å². The molecule has 2 N–H and O–H groups in total. The Morgan fingerprint density at radius 1 is 1.40 bits per heavy atom. The average Bonchev–Trinajstić information content (AvgIpc) is 2.74. The molecule has 1 aliphatic heterocycles. The average molecular weight is 341 g/mol. The monoisotopic (exact) mass is 340 g/mol. The zero-order valence-corrected chi connectivity index (χ0v) is 13.4. The molecule has 2 rings (SSSR count). The highest BCUT2D eigenvalue weighted by Gasteiger charge is 2.34. The zero-order valence-electron chi connectivity index (χ0n) is 11.9. The fourth-order valence-corrected chi connectivity index (χ4v) is 2.90. The number of nitrogens with one attached hydrogen (secondary N) is 2. The van der Waals surface area contributed by atoms with Crippen LogP contribution in [-0.2, 0) is 9.53 Å². The summed E-state index contributed by atoms with van der Waals surface area (Å²) in [6.45, 7) is 5.36. The van der Waals surface area contributed by atoms with Crippen LogP contribution in [0.2, 0.25) is 0 Å². The summed E-state index contributed by atoms with van der Waals surface area (Å²) in [5.41, 5.74) is 1.03. The highest BCUT2D eigenvalue weighted by molar-refractivity contribution is 9.10. The lowest BCUT2D eigenvalue weighted by Gasteiger charge is -2.15. The van der Waals surface area contributed by atoms with Gasteiger partial charge in [-0.25, -0.2) is 0 Å². The maximum atomic E-state index is 12.0. The van der Waals surface area contributed by atoms with E-state index in [2.05, 4.69) is 33.5 Å². The number of rotatable bonds is 5. The molecule has 1 saturated heterocycles. The van der Waals surface area contributed by atoms with Crippen molar-refractivity contribution in [2.75, 3.05) is 18.4 Å². The van der Waals surface area contributed by atoms with Crippen molar-refractivity contribution in [1.82, 2.24) is 5.32 Å². The Labute approximate surface area is 128 Å². The largest absolute Gasteiger partial charge is 0.383 e. The molecule has 0 radical (unpaired) electrons. The minimum atomic E-state index is -0.295. The van der Waals surface area contributed by atoms with Crippen LogP contribution in [0.1, 0.15) is 20.3 Å². The first-order chi connectivity index (χ1) is 9.56. The van der Waals surface area contributed by atoms with Crippen molar-refractivity contribution in [3.63, 3.8) is 0 Å². The zero-order chi connectivity index (χ0) is 14.5. The third-order valence-corrected chi connectivity index (χ3v) is 3.93. The number of hydrogen-bond acceptors (Lipinski definition) is 3. The van der Waals surface area contributed by atoms with Crippen LogP contribution in [0.25, 0.3) is 0 Å². The van der Waals surface area contributed by atoms with Gasteiger partial charge < -0.3 is 15.4 Å². The molecule has 1 fully saturated rings. The van der Waals surface area contributed by atoms with Crippen LogP contribution in [0.5, 0.6) is 0 Å². The van der Waals surface area contributed by atoms with Crippen LogP contribution in [0.4, 0.5) is 5.69 Å². The molecule has 1 amide bonds. The fraction of sp³-hybridized carbons (Fsp3) is 0.533. The van der Waals surface area contributed by atoms with E-state index >= 15 is 0 Å². The summed E-state index contributed by atoms with van der Waals surface area (Å²) in [6, 6.07) is 7.95. The third-order valence-electron chi connectivity index (χ3n) is 3.44. The summed E-state index contributed by atoms with van der Waals surface area (Å²) in [6.07, 6.45) is 0.838. The second-order valence-electron chi connectivity index (χ2n) is 5.31. The van der Waals surface area contributed by atoms with Crippen molar-refractivity contribution in [2.24, 2.45) is 5.92 Å². The Balaban J connectivity index is 1.69. The number of benzene rings is 1. The smallest absolute Gasteiger partial charge is 0.249 e. The quantitative estimate of drug-likeness (QED) is 0.810. The predicted molar refractivity (Wildman–Crippen MR) is 83.8 cm³/mol. The number of anilines is 1. The second-order valence-corrected chi connectivity index (χ2v) is 6.22. The number of halogens is 1. The van der Waals surface area contributed by atoms with Gasteiger partial charge >= 0.3 is 0 Å². The van der Waals surface area contributed by atoms with Crippen molar-refractivity contribution < 1.29 is 9.53 Å². The van der Waals surface area contributed by atoms with Crippen molar-refractivity contribution >= 4 is 27.5 Å². The topological polar surface area (TPSA) is 50.4 Å². The molecule has 0 spiro atoms. The molecule has 1 aromatic carbocycles. The minimum Gasteiger partial charge on any atom is -0.383 e. The minimum absolute atomic E-state index is 0.00195. The summed E-state index contributed by atoms with van der Waals surface area (Å²) >= 11 is 3.42. The first kappa shape index (κ1) is 15.3. The SMILES string of the molecule is CC1CC(C)C(C(=O)NCCNc2cccc(Br)c2)O1. The van der Waals surface area contributed by atoms with Gasteiger partial charge in [0.05, 0.1) is 6.10 Å². The molecule has 20 heavy (non-hydrogen) atoms. The van der Waals surface area contributed by atoms with Gasteiger partial charge in [-0.3, -0.25) is 4.79 Å². The van der Waals surface area contributed by atoms with Crippen LogP contribution < -0.4 is 10.6 Å². The van der Waals surface area contributed by atoms with Crippen LogP contribution in [0.3, 0.4) is 0 Å². The molecule has 0 aliphatic carbocycles. The molecule has 3 atom stereocenters. The molecule has 0 saturated carbocycles. The van der Waals surface area contributed by atoms with Crippen molar-refractivity contribution in [3.05, 3.63) is 28.7 Å². The Hall–Kier alpha value is -1.07. The van der Waals surface area contributed by atoms with E-state index in [9.17, 15) is 4.79 Å². The van der Waals surface area contributed by atoms with E-state index in [1.54, 1.807) is 0 Å². The number of hydrogen-bond donors (Lipinski definition) is 2. The molecule has 110 valence electrons. The fourth-order valence-electron chi connectivity index (χ4n) is 2.50. The lowest BCUT2D eigenvalue weighted by Crippen LogP contribution is -2.39. The first-order valence-corrected chi connectivity index (χ1v) is 7.78. The Bertz CT molecular complexity index is 467. The van der Waals surface area contributed by atoms with Crippen LogP contribution in [0, 0.1) is 5.92 Å². The molecule has 5 heteroatoms. The number of carbonyl (C=O) groups is 1. The van der Waals surface area contributed by atoms with E-state index in [1.165, 1.54) is 0 Å². The van der Waals surface area contributed by atoms with Crippen molar-refractivity contribution in [2.45, 2.75) is 32.5 Å². The van der Waals surface area contributed by atoms with E-state index in [1.807, 2.05) is 31.2 Å². The highest BCUT2D eigenvalue weighted by Crippen LogP contribution is 2.25. The molecule has 0 aromatic heterocycles. The molecule has 1 heterocycles. The van der Waals surface area contributed by atoms with Gasteiger partial charge in [0.15, 0.2) is 0 Å². The van der Waals surface area contributed by atoms with Crippen LogP contribution >= 0.6 is 15.9 Å². The maximum Gasteiger partial charge on any atom is 0.249 e. The Kier molecular flexibility index (Phi) is 5.43. The summed E-state index contributed by atoms with van der Waals surface area (Å²) < 4.78 is 6.66. The second kappa shape index (κ2) is 7.09. The van der Waals surface area contributed by atoms with Crippen molar-refractivity contribution in [1.29, 1.82) is 0 Å². The van der Waals surface area contributed by atoms with Gasteiger partial charge in [0.25, 0.3) is 0 Å². The predicted octanol–water partition coefficient (Wildman–Crippen LogP) is 2.79. The number of ether oxygens (including phenoxy) is 1. The van der Waals surface area contributed by atoms with Gasteiger partial charge in [0.2, 0.25) is 5.91 Å². The lowest BCUT2D eigenvalue weighted by molar-refractivity contribution is -0.133. The molecule has 4 nitrogen and oxygen atoms in total. The number of amides is 1. The van der Waals surface area contributed by atoms with Gasteiger partial charge in [-0.15, -0.1) is 0 Å². The summed E-state index contributed by atoms with van der Waals surface area (Å²) in [5.74, 6) is 0.293. The third kappa shape index (κ3) is 4.21. The van der Waals surface area contributed by atoms with Crippen LogP contribution in [-0.4, -0.2) is 31.2 Å². The van der Waals surface area contributed by atoms with E-state index in [-0.39, 0.29) is 18.1 Å². The van der Waals surface area contributed by atoms with Gasteiger partial charge in [0, 0.05) is 23.2 Å². The van der Waals surface area contributed by atoms with Gasteiger partial charge in [-0.1, -0.05) is 28.9 Å². The highest BCUT2D eigenvalue weighted by atomic mass is 79.9. The van der Waals surface area contributed by atoms with Crippen LogP contribution in [0.15, 0.2) is 28.7 Å². The van der Waals surface area contributed by atoms with E-state index < -0.39 is 0 Å². The van der Waals surface area contributed by atoms with E-state index in [4.69, 9.17) is 4.74 Å². The Morgan fingerprint density at radius 3 is 2.85 bits per heavy atom. The molecule has 0 bridgehead atoms. The maximum absolute atomic E-state index is 12.0. The van der Waals surface area contributed by atoms with E-state index in [0.29, 0.717) is 19.0 Å². The molecule has 1 aliphatic rings. The molecule has 1 aromatic rings. The number of carbonyl (C=O) groups excluding carboxylic acids is 1. The van der Waals surface area contributed by atoms with Gasteiger partial charge in [-0.2, -0.15) is 0 Å².